The number of hydrogen-bond acceptors (Lipinski definition) is 4. The summed E-state index contributed by atoms with van der Waals surface area (Å²) in [5, 5.41) is 5.80. The van der Waals surface area contributed by atoms with Crippen LogP contribution in [0.5, 0.6) is 5.75 Å². The first-order valence-electron chi connectivity index (χ1n) is 12.4. The van der Waals surface area contributed by atoms with Crippen LogP contribution in [0.4, 0.5) is 10.1 Å². The number of hydrogen-bond donors (Lipinski definition) is 1. The topological polar surface area (TPSA) is 39.7 Å². The predicted molar refractivity (Wildman–Crippen MR) is 142 cm³/mol. The summed E-state index contributed by atoms with van der Waals surface area (Å²) in [5.41, 5.74) is 3.27. The molecule has 1 aliphatic heterocycles. The Morgan fingerprint density at radius 3 is 2.50 bits per heavy atom. The lowest BCUT2D eigenvalue weighted by atomic mass is 9.87. The van der Waals surface area contributed by atoms with Crippen LogP contribution in [0, 0.1) is 5.82 Å². The number of rotatable bonds is 8. The number of nitrogens with one attached hydrogen (secondary N) is 1. The molecule has 0 fully saturated rings. The van der Waals surface area contributed by atoms with Gasteiger partial charge in [0, 0.05) is 24.4 Å². The SMILES string of the molecule is CCOC1c2cc(NCc3cccc(F)c3)ccc2OC(C)(C)C1OCc1ccc2ccccc2c1. The fourth-order valence-electron chi connectivity index (χ4n) is 4.85. The fraction of sp³-hybridized carbons (Fsp3) is 0.290. The van der Waals surface area contributed by atoms with E-state index in [4.69, 9.17) is 14.2 Å². The van der Waals surface area contributed by atoms with Crippen LogP contribution >= 0.6 is 0 Å². The molecular weight excluding hydrogens is 453 g/mol. The number of halogens is 1. The Kier molecular flexibility index (Phi) is 6.95. The lowest BCUT2D eigenvalue weighted by molar-refractivity contribution is -0.165. The van der Waals surface area contributed by atoms with Crippen LogP contribution in [-0.4, -0.2) is 18.3 Å². The molecule has 186 valence electrons. The van der Waals surface area contributed by atoms with E-state index < -0.39 is 5.60 Å². The summed E-state index contributed by atoms with van der Waals surface area (Å²) in [6.45, 7) is 7.61. The predicted octanol–water partition coefficient (Wildman–Crippen LogP) is 7.43. The Balaban J connectivity index is 1.37. The average molecular weight is 486 g/mol. The van der Waals surface area contributed by atoms with E-state index in [2.05, 4.69) is 41.7 Å². The minimum atomic E-state index is -0.583. The van der Waals surface area contributed by atoms with Gasteiger partial charge in [-0.1, -0.05) is 48.5 Å². The Hall–Kier alpha value is -3.41. The lowest BCUT2D eigenvalue weighted by Gasteiger charge is -2.44. The van der Waals surface area contributed by atoms with Crippen molar-refractivity contribution < 1.29 is 18.6 Å². The van der Waals surface area contributed by atoms with Crippen molar-refractivity contribution in [2.75, 3.05) is 11.9 Å². The van der Waals surface area contributed by atoms with Crippen molar-refractivity contribution in [3.05, 3.63) is 107 Å². The molecule has 2 atom stereocenters. The molecule has 5 rings (SSSR count). The number of anilines is 1. The number of benzene rings is 4. The highest BCUT2D eigenvalue weighted by atomic mass is 19.1. The molecule has 0 radical (unpaired) electrons. The van der Waals surface area contributed by atoms with Gasteiger partial charge in [0.1, 0.15) is 29.4 Å². The molecular formula is C31H32FNO3. The molecule has 1 heterocycles. The maximum atomic E-state index is 13.6. The van der Waals surface area contributed by atoms with Crippen LogP contribution in [0.2, 0.25) is 0 Å². The van der Waals surface area contributed by atoms with Gasteiger partial charge in [0.25, 0.3) is 0 Å². The summed E-state index contributed by atoms with van der Waals surface area (Å²) in [4.78, 5) is 0. The van der Waals surface area contributed by atoms with E-state index >= 15 is 0 Å². The number of fused-ring (bicyclic) bond motifs is 2. The molecule has 0 bridgehead atoms. The lowest BCUT2D eigenvalue weighted by Crippen LogP contribution is -2.51. The highest BCUT2D eigenvalue weighted by Gasteiger charge is 2.45. The van der Waals surface area contributed by atoms with Crippen LogP contribution in [0.25, 0.3) is 10.8 Å². The molecule has 1 aliphatic rings. The van der Waals surface area contributed by atoms with Gasteiger partial charge in [-0.3, -0.25) is 0 Å². The maximum absolute atomic E-state index is 13.6. The van der Waals surface area contributed by atoms with E-state index in [-0.39, 0.29) is 18.0 Å². The third kappa shape index (κ3) is 5.23. The van der Waals surface area contributed by atoms with Gasteiger partial charge in [-0.15, -0.1) is 0 Å². The summed E-state index contributed by atoms with van der Waals surface area (Å²) in [6, 6.07) is 27.3. The van der Waals surface area contributed by atoms with E-state index in [9.17, 15) is 4.39 Å². The summed E-state index contributed by atoms with van der Waals surface area (Å²) >= 11 is 0. The third-order valence-electron chi connectivity index (χ3n) is 6.62. The molecule has 4 aromatic carbocycles. The second-order valence-electron chi connectivity index (χ2n) is 9.73. The fourth-order valence-corrected chi connectivity index (χ4v) is 4.85. The van der Waals surface area contributed by atoms with Crippen LogP contribution in [-0.2, 0) is 22.6 Å². The first-order valence-corrected chi connectivity index (χ1v) is 12.4. The first kappa shape index (κ1) is 24.3. The van der Waals surface area contributed by atoms with Crippen molar-refractivity contribution in [1.82, 2.24) is 0 Å². The van der Waals surface area contributed by atoms with E-state index in [1.807, 2.05) is 51.1 Å². The van der Waals surface area contributed by atoms with E-state index in [0.29, 0.717) is 19.8 Å². The van der Waals surface area contributed by atoms with Gasteiger partial charge in [0.2, 0.25) is 0 Å². The van der Waals surface area contributed by atoms with Gasteiger partial charge in [0.15, 0.2) is 0 Å². The largest absolute Gasteiger partial charge is 0.485 e. The normalized spacial score (nSPS) is 18.4. The average Bonchev–Trinajstić information content (AvgIpc) is 2.87. The highest BCUT2D eigenvalue weighted by molar-refractivity contribution is 5.82. The molecule has 4 aromatic rings. The summed E-state index contributed by atoms with van der Waals surface area (Å²) < 4.78 is 32.8. The molecule has 0 spiro atoms. The van der Waals surface area contributed by atoms with Crippen molar-refractivity contribution in [3.8, 4) is 5.75 Å². The zero-order valence-corrected chi connectivity index (χ0v) is 21.0. The Labute approximate surface area is 212 Å². The highest BCUT2D eigenvalue weighted by Crippen LogP contribution is 2.44. The van der Waals surface area contributed by atoms with Gasteiger partial charge >= 0.3 is 0 Å². The minimum absolute atomic E-state index is 0.238. The van der Waals surface area contributed by atoms with Crippen LogP contribution in [0.3, 0.4) is 0 Å². The van der Waals surface area contributed by atoms with Crippen molar-refractivity contribution >= 4 is 16.5 Å². The van der Waals surface area contributed by atoms with E-state index in [1.165, 1.54) is 22.9 Å². The monoisotopic (exact) mass is 485 g/mol. The molecule has 0 aromatic heterocycles. The van der Waals surface area contributed by atoms with E-state index in [1.54, 1.807) is 6.07 Å². The second-order valence-corrected chi connectivity index (χ2v) is 9.73. The van der Waals surface area contributed by atoms with Crippen molar-refractivity contribution in [2.24, 2.45) is 0 Å². The van der Waals surface area contributed by atoms with Gasteiger partial charge in [-0.05, 0) is 79.1 Å². The van der Waals surface area contributed by atoms with Gasteiger partial charge in [0.05, 0.1) is 6.61 Å². The summed E-state index contributed by atoms with van der Waals surface area (Å²) in [5.74, 6) is 0.554. The van der Waals surface area contributed by atoms with Crippen molar-refractivity contribution in [3.63, 3.8) is 0 Å². The molecule has 0 saturated heterocycles. The molecule has 36 heavy (non-hydrogen) atoms. The molecule has 2 unspecified atom stereocenters. The summed E-state index contributed by atoms with van der Waals surface area (Å²) in [7, 11) is 0. The van der Waals surface area contributed by atoms with Gasteiger partial charge in [-0.25, -0.2) is 4.39 Å². The molecule has 5 heteroatoms. The van der Waals surface area contributed by atoms with Crippen molar-refractivity contribution in [2.45, 2.75) is 51.7 Å². The molecule has 0 saturated carbocycles. The Morgan fingerprint density at radius 2 is 1.69 bits per heavy atom. The molecule has 4 nitrogen and oxygen atoms in total. The van der Waals surface area contributed by atoms with Crippen molar-refractivity contribution in [1.29, 1.82) is 0 Å². The molecule has 0 aliphatic carbocycles. The standard InChI is InChI=1S/C31H32FNO3/c1-4-34-29-27-18-26(33-19-21-8-7-11-25(32)17-21)14-15-28(27)36-31(2,3)30(29)35-20-22-12-13-23-9-5-6-10-24(23)16-22/h5-18,29-30,33H,4,19-20H2,1-3H3. The number of ether oxygens (including phenoxy) is 3. The van der Waals surface area contributed by atoms with E-state index in [0.717, 1.165) is 28.1 Å². The Morgan fingerprint density at radius 1 is 0.861 bits per heavy atom. The molecule has 1 N–H and O–H groups in total. The zero-order chi connectivity index (χ0) is 25.1. The summed E-state index contributed by atoms with van der Waals surface area (Å²) in [6.07, 6.45) is -0.597. The van der Waals surface area contributed by atoms with Gasteiger partial charge < -0.3 is 19.5 Å². The quantitative estimate of drug-likeness (QED) is 0.282. The smallest absolute Gasteiger partial charge is 0.132 e. The first-order chi connectivity index (χ1) is 17.4. The Bertz CT molecular complexity index is 1350. The van der Waals surface area contributed by atoms with Crippen LogP contribution in [0.15, 0.2) is 84.9 Å². The van der Waals surface area contributed by atoms with Crippen LogP contribution < -0.4 is 10.1 Å². The maximum Gasteiger partial charge on any atom is 0.132 e. The van der Waals surface area contributed by atoms with Gasteiger partial charge in [-0.2, -0.15) is 0 Å². The molecule has 0 amide bonds. The second kappa shape index (κ2) is 10.3. The zero-order valence-electron chi connectivity index (χ0n) is 21.0. The van der Waals surface area contributed by atoms with Crippen LogP contribution in [0.1, 0.15) is 43.6 Å². The third-order valence-corrected chi connectivity index (χ3v) is 6.62. The minimum Gasteiger partial charge on any atom is -0.485 e.